The molecule has 0 bridgehead atoms. The van der Waals surface area contributed by atoms with E-state index in [4.69, 9.17) is 9.47 Å². The summed E-state index contributed by atoms with van der Waals surface area (Å²) in [6.07, 6.45) is 0.431. The highest BCUT2D eigenvalue weighted by atomic mass is 16.6. The molecule has 39 heavy (non-hydrogen) atoms. The van der Waals surface area contributed by atoms with Crippen molar-refractivity contribution < 1.29 is 29.0 Å². The van der Waals surface area contributed by atoms with Crippen molar-refractivity contribution in [2.75, 3.05) is 26.3 Å². The van der Waals surface area contributed by atoms with Gasteiger partial charge in [-0.05, 0) is 74.4 Å². The van der Waals surface area contributed by atoms with Crippen LogP contribution in [0.1, 0.15) is 59.4 Å². The Hall–Kier alpha value is -4.07. The van der Waals surface area contributed by atoms with Gasteiger partial charge in [-0.2, -0.15) is 0 Å². The molecule has 2 atom stereocenters. The second kappa shape index (κ2) is 10.6. The van der Waals surface area contributed by atoms with E-state index in [-0.39, 0.29) is 42.8 Å². The van der Waals surface area contributed by atoms with Gasteiger partial charge in [-0.1, -0.05) is 29.8 Å². The number of aryl methyl sites for hydroxylation is 3. The molecule has 0 aromatic heterocycles. The summed E-state index contributed by atoms with van der Waals surface area (Å²) < 4.78 is 10.6. The van der Waals surface area contributed by atoms with E-state index in [0.717, 1.165) is 16.8 Å². The number of hydrogen-bond acceptors (Lipinski definition) is 7. The lowest BCUT2D eigenvalue weighted by Gasteiger charge is -2.38. The summed E-state index contributed by atoms with van der Waals surface area (Å²) in [7, 11) is 0. The fourth-order valence-corrected chi connectivity index (χ4v) is 6.36. The van der Waals surface area contributed by atoms with E-state index >= 15 is 0 Å². The molecule has 3 aliphatic rings. The standard InChI is InChI=1S/C31H34N2O6/c1-5-38-30(36)29-24(16-33-9-10-39-31(33)37)32-23-14-21(26-18(3)11-17(2)12-19(26)4)15-25(35)28(23)27(29)20-7-6-8-22(34)13-20/h6-8,11-13,21,27,32,34H,5,9-10,14-16H2,1-4H3. The molecule has 8 heteroatoms. The van der Waals surface area contributed by atoms with Crippen LogP contribution in [0.25, 0.3) is 0 Å². The van der Waals surface area contributed by atoms with Crippen molar-refractivity contribution in [2.45, 2.75) is 52.4 Å². The first-order valence-electron chi connectivity index (χ1n) is 13.4. The highest BCUT2D eigenvalue weighted by molar-refractivity contribution is 6.04. The molecule has 1 saturated heterocycles. The summed E-state index contributed by atoms with van der Waals surface area (Å²) in [6, 6.07) is 10.9. The Bertz CT molecular complexity index is 1400. The summed E-state index contributed by atoms with van der Waals surface area (Å²) >= 11 is 0. The number of ketones is 1. The number of dihydropyridines is 1. The normalized spacial score (nSPS) is 21.1. The Morgan fingerprint density at radius 1 is 1.13 bits per heavy atom. The first kappa shape index (κ1) is 26.5. The number of hydrogen-bond donors (Lipinski definition) is 2. The number of phenolic OH excluding ortho intramolecular Hbond substituents is 1. The van der Waals surface area contributed by atoms with Gasteiger partial charge in [-0.25, -0.2) is 9.59 Å². The Balaban J connectivity index is 1.65. The highest BCUT2D eigenvalue weighted by Gasteiger charge is 2.43. The minimum Gasteiger partial charge on any atom is -0.508 e. The van der Waals surface area contributed by atoms with Crippen LogP contribution in [0.5, 0.6) is 5.75 Å². The molecular weight excluding hydrogens is 496 g/mol. The Morgan fingerprint density at radius 3 is 2.51 bits per heavy atom. The Labute approximate surface area is 228 Å². The number of ether oxygens (including phenoxy) is 2. The number of aromatic hydroxyl groups is 1. The molecule has 2 aromatic rings. The number of allylic oxidation sites excluding steroid dienone is 2. The lowest BCUT2D eigenvalue weighted by atomic mass is 9.70. The van der Waals surface area contributed by atoms with Crippen molar-refractivity contribution in [3.05, 3.63) is 86.8 Å². The number of esters is 1. The van der Waals surface area contributed by atoms with Crippen LogP contribution in [0.2, 0.25) is 0 Å². The van der Waals surface area contributed by atoms with Crippen LogP contribution in [0.3, 0.4) is 0 Å². The third-order valence-electron chi connectivity index (χ3n) is 7.75. The first-order chi connectivity index (χ1) is 18.7. The number of amides is 1. The van der Waals surface area contributed by atoms with Crippen molar-refractivity contribution in [3.8, 4) is 5.75 Å². The number of phenols is 1. The maximum Gasteiger partial charge on any atom is 0.410 e. The molecule has 0 spiro atoms. The fourth-order valence-electron chi connectivity index (χ4n) is 6.36. The van der Waals surface area contributed by atoms with Crippen LogP contribution in [-0.2, 0) is 19.1 Å². The SMILES string of the molecule is CCOC(=O)C1=C(CN2CCOC2=O)NC2=C(C(=O)CC(c3c(C)cc(C)cc3C)C2)C1c1cccc(O)c1. The average molecular weight is 531 g/mol. The van der Waals surface area contributed by atoms with Crippen LogP contribution in [0.4, 0.5) is 4.79 Å². The molecule has 1 fully saturated rings. The second-order valence-electron chi connectivity index (χ2n) is 10.5. The second-order valence-corrected chi connectivity index (χ2v) is 10.5. The van der Waals surface area contributed by atoms with E-state index in [1.807, 2.05) is 0 Å². The third kappa shape index (κ3) is 5.03. The van der Waals surface area contributed by atoms with Gasteiger partial charge >= 0.3 is 12.1 Å². The Morgan fingerprint density at radius 2 is 1.87 bits per heavy atom. The van der Waals surface area contributed by atoms with Crippen molar-refractivity contribution >= 4 is 17.8 Å². The minimum atomic E-state index is -0.741. The van der Waals surface area contributed by atoms with Crippen molar-refractivity contribution in [3.63, 3.8) is 0 Å². The summed E-state index contributed by atoms with van der Waals surface area (Å²) in [4.78, 5) is 41.3. The predicted molar refractivity (Wildman–Crippen MR) is 145 cm³/mol. The van der Waals surface area contributed by atoms with Crippen LogP contribution >= 0.6 is 0 Å². The van der Waals surface area contributed by atoms with Gasteiger partial charge in [0.25, 0.3) is 0 Å². The van der Waals surface area contributed by atoms with Crippen LogP contribution < -0.4 is 5.32 Å². The number of rotatable bonds is 6. The van der Waals surface area contributed by atoms with Crippen LogP contribution in [0, 0.1) is 20.8 Å². The fraction of sp³-hybridized carbons (Fsp3) is 0.387. The summed E-state index contributed by atoms with van der Waals surface area (Å²) in [5.41, 5.74) is 7.28. The zero-order valence-electron chi connectivity index (χ0n) is 22.8. The third-order valence-corrected chi connectivity index (χ3v) is 7.75. The molecule has 2 aliphatic heterocycles. The van der Waals surface area contributed by atoms with Gasteiger partial charge < -0.3 is 19.9 Å². The molecule has 0 saturated carbocycles. The maximum absolute atomic E-state index is 14.0. The van der Waals surface area contributed by atoms with E-state index in [2.05, 4.69) is 38.2 Å². The van der Waals surface area contributed by atoms with Gasteiger partial charge in [0, 0.05) is 29.3 Å². The molecule has 204 valence electrons. The number of benzene rings is 2. The van der Waals surface area contributed by atoms with Crippen LogP contribution in [-0.4, -0.2) is 54.2 Å². The predicted octanol–water partition coefficient (Wildman–Crippen LogP) is 4.67. The van der Waals surface area contributed by atoms with Gasteiger partial charge in [0.15, 0.2) is 5.78 Å². The summed E-state index contributed by atoms with van der Waals surface area (Å²) in [5, 5.41) is 13.7. The number of nitrogens with one attached hydrogen (secondary N) is 1. The van der Waals surface area contributed by atoms with Gasteiger partial charge in [-0.3, -0.25) is 9.69 Å². The van der Waals surface area contributed by atoms with Crippen LogP contribution in [0.15, 0.2) is 58.9 Å². The van der Waals surface area contributed by atoms with Gasteiger partial charge in [-0.15, -0.1) is 0 Å². The topological polar surface area (TPSA) is 105 Å². The van der Waals surface area contributed by atoms with Gasteiger partial charge in [0.1, 0.15) is 12.4 Å². The average Bonchev–Trinajstić information content (AvgIpc) is 3.26. The number of nitrogens with zero attached hydrogens (tertiary/aromatic N) is 1. The molecule has 2 unspecified atom stereocenters. The zero-order chi connectivity index (χ0) is 27.8. The van der Waals surface area contributed by atoms with Gasteiger partial charge in [0.2, 0.25) is 0 Å². The van der Waals surface area contributed by atoms with E-state index in [9.17, 15) is 19.5 Å². The molecule has 2 aromatic carbocycles. The monoisotopic (exact) mass is 530 g/mol. The largest absolute Gasteiger partial charge is 0.508 e. The molecule has 1 amide bonds. The molecule has 5 rings (SSSR count). The smallest absolute Gasteiger partial charge is 0.410 e. The number of carbonyl (C=O) groups excluding carboxylic acids is 3. The lowest BCUT2D eigenvalue weighted by molar-refractivity contribution is -0.138. The minimum absolute atomic E-state index is 0.0312. The first-order valence-corrected chi connectivity index (χ1v) is 13.4. The molecule has 2 N–H and O–H groups in total. The number of carbonyl (C=O) groups is 3. The molecule has 2 heterocycles. The Kier molecular flexibility index (Phi) is 7.21. The quantitative estimate of drug-likeness (QED) is 0.523. The van der Waals surface area contributed by atoms with Crippen molar-refractivity contribution in [2.24, 2.45) is 0 Å². The lowest BCUT2D eigenvalue weighted by Crippen LogP contribution is -2.41. The zero-order valence-corrected chi connectivity index (χ0v) is 22.8. The summed E-state index contributed by atoms with van der Waals surface area (Å²) in [5.74, 6) is -1.35. The van der Waals surface area contributed by atoms with E-state index in [0.29, 0.717) is 36.2 Å². The maximum atomic E-state index is 14.0. The number of Topliss-reactive ketones (excluding diaryl/α,β-unsaturated/α-hetero) is 1. The molecule has 1 aliphatic carbocycles. The van der Waals surface area contributed by atoms with Gasteiger partial charge in [0.05, 0.1) is 25.3 Å². The van der Waals surface area contributed by atoms with E-state index in [1.54, 1.807) is 31.2 Å². The number of cyclic esters (lactones) is 1. The molecule has 8 nitrogen and oxygen atoms in total. The highest BCUT2D eigenvalue weighted by Crippen LogP contribution is 2.47. The van der Waals surface area contributed by atoms with E-state index in [1.165, 1.54) is 16.0 Å². The van der Waals surface area contributed by atoms with Crippen molar-refractivity contribution in [1.82, 2.24) is 10.2 Å². The van der Waals surface area contributed by atoms with Crippen molar-refractivity contribution in [1.29, 1.82) is 0 Å². The molecule has 0 radical (unpaired) electrons. The summed E-state index contributed by atoms with van der Waals surface area (Å²) in [6.45, 7) is 8.89. The van der Waals surface area contributed by atoms with E-state index < -0.39 is 18.0 Å². The molecular formula is C31H34N2O6.